The molecule has 0 atom stereocenters. The average Bonchev–Trinajstić information content (AvgIpc) is 2.52. The third kappa shape index (κ3) is 0.878. The maximum atomic E-state index is 2.44. The van der Waals surface area contributed by atoms with Crippen molar-refractivity contribution in [2.45, 2.75) is 6.42 Å². The SMILES string of the molecule is C1=C2[SiH]=C3CCSC3=C2SC1. The Labute approximate surface area is 77.0 Å². The van der Waals surface area contributed by atoms with Crippen LogP contribution in [-0.4, -0.2) is 25.8 Å². The fourth-order valence-electron chi connectivity index (χ4n) is 1.72. The minimum atomic E-state index is 0.551. The van der Waals surface area contributed by atoms with Crippen LogP contribution in [0.5, 0.6) is 0 Å². The molecule has 0 unspecified atom stereocenters. The molecule has 56 valence electrons. The van der Waals surface area contributed by atoms with Gasteiger partial charge >= 0.3 is 0 Å². The van der Waals surface area contributed by atoms with Gasteiger partial charge in [-0.15, -0.1) is 23.5 Å². The van der Waals surface area contributed by atoms with Gasteiger partial charge in [-0.05, 0) is 11.6 Å². The highest BCUT2D eigenvalue weighted by Gasteiger charge is 2.28. The van der Waals surface area contributed by atoms with Gasteiger partial charge < -0.3 is 0 Å². The third-order valence-electron chi connectivity index (χ3n) is 2.24. The third-order valence-corrected chi connectivity index (χ3v) is 6.77. The van der Waals surface area contributed by atoms with E-state index in [1.165, 1.54) is 17.9 Å². The molecular formula is C8H8S2Si. The van der Waals surface area contributed by atoms with Crippen molar-refractivity contribution in [3.8, 4) is 0 Å². The van der Waals surface area contributed by atoms with Crippen molar-refractivity contribution in [1.29, 1.82) is 0 Å². The van der Waals surface area contributed by atoms with Crippen LogP contribution in [0.3, 0.4) is 0 Å². The summed E-state index contributed by atoms with van der Waals surface area (Å²) in [7, 11) is 0.551. The van der Waals surface area contributed by atoms with Crippen LogP contribution in [0.2, 0.25) is 0 Å². The number of hydrogen-bond acceptors (Lipinski definition) is 2. The molecule has 0 spiro atoms. The molecule has 0 nitrogen and oxygen atoms in total. The molecule has 0 aromatic carbocycles. The van der Waals surface area contributed by atoms with E-state index in [9.17, 15) is 0 Å². The first-order valence-electron chi connectivity index (χ1n) is 3.86. The van der Waals surface area contributed by atoms with E-state index in [0.29, 0.717) is 9.13 Å². The summed E-state index contributed by atoms with van der Waals surface area (Å²) in [4.78, 5) is 3.35. The van der Waals surface area contributed by atoms with Crippen molar-refractivity contribution < 1.29 is 0 Å². The first-order chi connectivity index (χ1) is 5.45. The van der Waals surface area contributed by atoms with Gasteiger partial charge in [0.15, 0.2) is 0 Å². The lowest BCUT2D eigenvalue weighted by Crippen LogP contribution is -1.94. The number of allylic oxidation sites excluding steroid dienone is 2. The molecule has 3 heteroatoms. The number of rotatable bonds is 0. The highest BCUT2D eigenvalue weighted by atomic mass is 32.2. The fourth-order valence-corrected chi connectivity index (χ4v) is 6.97. The maximum absolute atomic E-state index is 2.44. The highest BCUT2D eigenvalue weighted by Crippen LogP contribution is 2.44. The summed E-state index contributed by atoms with van der Waals surface area (Å²) < 4.78 is 0. The van der Waals surface area contributed by atoms with E-state index in [2.05, 4.69) is 29.6 Å². The average molecular weight is 196 g/mol. The zero-order valence-corrected chi connectivity index (χ0v) is 8.88. The Morgan fingerprint density at radius 2 is 2.27 bits per heavy atom. The van der Waals surface area contributed by atoms with Gasteiger partial charge in [0.05, 0.1) is 0 Å². The zero-order chi connectivity index (χ0) is 7.26. The van der Waals surface area contributed by atoms with E-state index in [1.807, 2.05) is 5.17 Å². The molecule has 11 heavy (non-hydrogen) atoms. The highest BCUT2D eigenvalue weighted by molar-refractivity contribution is 8.08. The van der Waals surface area contributed by atoms with Crippen LogP contribution in [0.25, 0.3) is 0 Å². The van der Waals surface area contributed by atoms with Crippen LogP contribution >= 0.6 is 23.5 Å². The smallest absolute Gasteiger partial charge is 0.0359 e. The molecule has 1 saturated heterocycles. The predicted octanol–water partition coefficient (Wildman–Crippen LogP) is 1.59. The summed E-state index contributed by atoms with van der Waals surface area (Å²) in [6.45, 7) is 0. The monoisotopic (exact) mass is 196 g/mol. The molecule has 0 aliphatic carbocycles. The molecule has 0 N–H and O–H groups in total. The van der Waals surface area contributed by atoms with Gasteiger partial charge in [0.1, 0.15) is 0 Å². The lowest BCUT2D eigenvalue weighted by atomic mass is 10.3. The maximum Gasteiger partial charge on any atom is 0.0359 e. The van der Waals surface area contributed by atoms with Gasteiger partial charge in [0, 0.05) is 30.4 Å². The van der Waals surface area contributed by atoms with Crippen molar-refractivity contribution in [2.24, 2.45) is 0 Å². The van der Waals surface area contributed by atoms with E-state index in [-0.39, 0.29) is 0 Å². The Hall–Kier alpha value is 0.267. The van der Waals surface area contributed by atoms with E-state index in [1.54, 1.807) is 15.0 Å². The second-order valence-electron chi connectivity index (χ2n) is 2.90. The van der Waals surface area contributed by atoms with Gasteiger partial charge in [0.25, 0.3) is 0 Å². The summed E-state index contributed by atoms with van der Waals surface area (Å²) in [6, 6.07) is 0. The van der Waals surface area contributed by atoms with Crippen LogP contribution in [0.4, 0.5) is 0 Å². The summed E-state index contributed by atoms with van der Waals surface area (Å²) in [5, 5.41) is 3.52. The lowest BCUT2D eigenvalue weighted by molar-refractivity contribution is 1.38. The first kappa shape index (κ1) is 6.75. The Morgan fingerprint density at radius 3 is 3.27 bits per heavy atom. The van der Waals surface area contributed by atoms with Crippen molar-refractivity contribution in [1.82, 2.24) is 0 Å². The quantitative estimate of drug-likeness (QED) is 0.540. The van der Waals surface area contributed by atoms with Crippen molar-refractivity contribution in [3.63, 3.8) is 0 Å². The van der Waals surface area contributed by atoms with E-state index in [0.717, 1.165) is 0 Å². The molecule has 3 rings (SSSR count). The van der Waals surface area contributed by atoms with E-state index >= 15 is 0 Å². The largest absolute Gasteiger partial charge is 0.125 e. The van der Waals surface area contributed by atoms with Gasteiger partial charge in [-0.3, -0.25) is 0 Å². The Bertz CT molecular complexity index is 312. The fraction of sp³-hybridized carbons (Fsp3) is 0.375. The molecule has 0 bridgehead atoms. The topological polar surface area (TPSA) is 0 Å². The second kappa shape index (κ2) is 2.38. The Morgan fingerprint density at radius 1 is 1.27 bits per heavy atom. The van der Waals surface area contributed by atoms with Crippen LogP contribution in [0.15, 0.2) is 21.1 Å². The van der Waals surface area contributed by atoms with Crippen molar-refractivity contribution in [2.75, 3.05) is 11.5 Å². The van der Waals surface area contributed by atoms with Gasteiger partial charge in [-0.2, -0.15) is 0 Å². The molecule has 3 aliphatic rings. The molecule has 1 fully saturated rings. The minimum Gasteiger partial charge on any atom is -0.125 e. The van der Waals surface area contributed by atoms with Crippen molar-refractivity contribution in [3.05, 3.63) is 21.1 Å². The summed E-state index contributed by atoms with van der Waals surface area (Å²) in [5.74, 6) is 2.60. The van der Waals surface area contributed by atoms with Crippen molar-refractivity contribution >= 4 is 37.8 Å². The molecule has 3 aliphatic heterocycles. The molecule has 0 radical (unpaired) electrons. The Kier molecular flexibility index (Phi) is 1.46. The van der Waals surface area contributed by atoms with Gasteiger partial charge in [0.2, 0.25) is 0 Å². The summed E-state index contributed by atoms with van der Waals surface area (Å²) in [6.07, 6.45) is 3.82. The lowest BCUT2D eigenvalue weighted by Gasteiger charge is -1.97. The van der Waals surface area contributed by atoms with Crippen LogP contribution in [-0.2, 0) is 0 Å². The van der Waals surface area contributed by atoms with Gasteiger partial charge in [-0.1, -0.05) is 11.2 Å². The first-order valence-corrected chi connectivity index (χ1v) is 6.99. The zero-order valence-electron chi connectivity index (χ0n) is 6.09. The van der Waals surface area contributed by atoms with E-state index in [4.69, 9.17) is 0 Å². The van der Waals surface area contributed by atoms with Crippen LogP contribution in [0, 0.1) is 0 Å². The van der Waals surface area contributed by atoms with Gasteiger partial charge in [-0.25, -0.2) is 0 Å². The molecule has 0 saturated carbocycles. The van der Waals surface area contributed by atoms with Crippen LogP contribution in [0.1, 0.15) is 6.42 Å². The molecule has 0 aromatic rings. The standard InChI is InChI=1S/C8H8S2Si/c1-3-9-7-5(1)11-6-2-4-10-8(6)7/h1,11H,2-4H2. The number of hydrogen-bond donors (Lipinski definition) is 0. The van der Waals surface area contributed by atoms with E-state index < -0.39 is 0 Å². The normalized spacial score (nSPS) is 26.9. The minimum absolute atomic E-state index is 0.551. The molecule has 3 heterocycles. The summed E-state index contributed by atoms with van der Waals surface area (Å²) in [5.41, 5.74) is 0. The van der Waals surface area contributed by atoms with Crippen LogP contribution < -0.4 is 0 Å². The molecule has 0 aromatic heterocycles. The number of thioether (sulfide) groups is 2. The second-order valence-corrected chi connectivity index (χ2v) is 6.64. The summed E-state index contributed by atoms with van der Waals surface area (Å²) >= 11 is 4.15. The Balaban J connectivity index is 2.20. The molecule has 0 amide bonds. The number of fused-ring (bicyclic) bond motifs is 2. The predicted molar refractivity (Wildman–Crippen MR) is 56.8 cm³/mol. The molecular weight excluding hydrogens is 188 g/mol.